The van der Waals surface area contributed by atoms with Crippen LogP contribution in [0.25, 0.3) is 10.9 Å². The Morgan fingerprint density at radius 3 is 2.55 bits per heavy atom. The predicted octanol–water partition coefficient (Wildman–Crippen LogP) is 4.81. The number of rotatable bonds is 4. The number of aromatic nitrogens is 1. The van der Waals surface area contributed by atoms with Crippen LogP contribution in [0.5, 0.6) is 0 Å². The average molecular weight is 452 g/mol. The molecule has 1 amide bonds. The molecule has 5 heteroatoms. The molecule has 0 radical (unpaired) electrons. The van der Waals surface area contributed by atoms with Gasteiger partial charge in [0.2, 0.25) is 5.91 Å². The zero-order valence-corrected chi connectivity index (χ0v) is 21.4. The number of fused-ring (bicyclic) bond motifs is 2. The Morgan fingerprint density at radius 1 is 1.27 bits per heavy atom. The van der Waals surface area contributed by atoms with E-state index in [1.807, 2.05) is 7.05 Å². The van der Waals surface area contributed by atoms with Crippen molar-refractivity contribution >= 4 is 22.5 Å². The van der Waals surface area contributed by atoms with Gasteiger partial charge < -0.3 is 20.3 Å². The molecule has 2 heterocycles. The summed E-state index contributed by atoms with van der Waals surface area (Å²) in [6.07, 6.45) is 6.95. The second-order valence-electron chi connectivity index (χ2n) is 11.5. The van der Waals surface area contributed by atoms with Crippen molar-refractivity contribution in [2.45, 2.75) is 83.7 Å². The molecule has 0 fully saturated rings. The van der Waals surface area contributed by atoms with Crippen molar-refractivity contribution in [2.24, 2.45) is 11.8 Å². The van der Waals surface area contributed by atoms with Gasteiger partial charge in [0.15, 0.2) is 0 Å². The minimum Gasteiger partial charge on any atom is -0.394 e. The topological polar surface area (TPSA) is 68.4 Å². The Kier molecular flexibility index (Phi) is 5.93. The molecule has 180 valence electrons. The molecule has 4 rings (SSSR count). The van der Waals surface area contributed by atoms with Gasteiger partial charge in [-0.2, -0.15) is 0 Å². The number of hydrogen-bond acceptors (Lipinski definition) is 3. The zero-order chi connectivity index (χ0) is 24.3. The lowest BCUT2D eigenvalue weighted by Gasteiger charge is -2.47. The minimum atomic E-state index is -0.319. The Hall–Kier alpha value is -2.27. The van der Waals surface area contributed by atoms with Crippen molar-refractivity contribution < 1.29 is 9.90 Å². The number of anilines is 1. The molecule has 1 aliphatic heterocycles. The van der Waals surface area contributed by atoms with Crippen molar-refractivity contribution in [3.63, 3.8) is 0 Å². The van der Waals surface area contributed by atoms with E-state index < -0.39 is 0 Å². The van der Waals surface area contributed by atoms with Crippen LogP contribution in [-0.2, 0) is 22.0 Å². The van der Waals surface area contributed by atoms with E-state index in [0.29, 0.717) is 12.3 Å². The fourth-order valence-electron chi connectivity index (χ4n) is 6.22. The Bertz CT molecular complexity index is 1080. The maximum atomic E-state index is 13.3. The van der Waals surface area contributed by atoms with Crippen molar-refractivity contribution in [3.8, 4) is 0 Å². The van der Waals surface area contributed by atoms with Crippen molar-refractivity contribution in [1.29, 1.82) is 0 Å². The number of nitrogens with zero attached hydrogens (tertiary/aromatic N) is 1. The number of hydrogen-bond donors (Lipinski definition) is 3. The van der Waals surface area contributed by atoms with Crippen LogP contribution in [0.2, 0.25) is 0 Å². The number of allylic oxidation sites excluding steroid dienone is 1. The van der Waals surface area contributed by atoms with Gasteiger partial charge in [-0.3, -0.25) is 4.79 Å². The number of likely N-dealkylation sites (N-methyl/N-ethyl adjacent to an activating group) is 1. The van der Waals surface area contributed by atoms with Crippen LogP contribution in [0.15, 0.2) is 24.9 Å². The average Bonchev–Trinajstić information content (AvgIpc) is 3.18. The van der Waals surface area contributed by atoms with Crippen molar-refractivity contribution in [2.75, 3.05) is 18.6 Å². The predicted molar refractivity (Wildman–Crippen MR) is 137 cm³/mol. The molecule has 0 spiro atoms. The molecule has 4 atom stereocenters. The number of carbonyl (C=O) groups is 1. The van der Waals surface area contributed by atoms with E-state index in [9.17, 15) is 9.90 Å². The standard InChI is InChI=1S/C28H41N3O2/c1-9-27(6)10-11-28(7,17(4)5)20-13-21-22-18(14-29-24(22)23(20)27)12-19(15-32)30-26(33)25(16(2)3)31(21)8/h9,13-14,16-17,19,25,29,32H,1,10-12,15H2,2-8H3,(H,30,33)/t19-,25-,27+,28-/m0/s1. The van der Waals surface area contributed by atoms with E-state index >= 15 is 0 Å². The van der Waals surface area contributed by atoms with Gasteiger partial charge in [0, 0.05) is 29.7 Å². The van der Waals surface area contributed by atoms with Gasteiger partial charge >= 0.3 is 0 Å². The number of aromatic amines is 1. The maximum absolute atomic E-state index is 13.3. The zero-order valence-electron chi connectivity index (χ0n) is 21.4. The van der Waals surface area contributed by atoms with Crippen LogP contribution in [0.1, 0.15) is 71.1 Å². The van der Waals surface area contributed by atoms with Gasteiger partial charge in [0.05, 0.1) is 18.2 Å². The van der Waals surface area contributed by atoms with Crippen LogP contribution in [-0.4, -0.2) is 41.7 Å². The van der Waals surface area contributed by atoms with E-state index in [-0.39, 0.29) is 41.3 Å². The smallest absolute Gasteiger partial charge is 0.243 e. The highest BCUT2D eigenvalue weighted by molar-refractivity contribution is 6.01. The SMILES string of the molecule is C=C[C@]1(C)CC[C@@](C)(C(C)C)c2cc3c4c(c[nH]c4c21)C[C@@H](CO)NC(=O)[C@H](C(C)C)N3C. The molecule has 0 saturated carbocycles. The number of amides is 1. The van der Waals surface area contributed by atoms with Crippen LogP contribution in [0, 0.1) is 11.8 Å². The first-order valence-electron chi connectivity index (χ1n) is 12.4. The molecule has 1 aromatic carbocycles. The number of carbonyl (C=O) groups excluding carboxylic acids is 1. The van der Waals surface area contributed by atoms with E-state index in [1.165, 1.54) is 16.5 Å². The highest BCUT2D eigenvalue weighted by Crippen LogP contribution is 2.54. The molecule has 2 aliphatic rings. The molecular weight excluding hydrogens is 410 g/mol. The van der Waals surface area contributed by atoms with Crippen LogP contribution in [0.4, 0.5) is 5.69 Å². The lowest BCUT2D eigenvalue weighted by molar-refractivity contribution is -0.124. The number of aliphatic hydroxyl groups excluding tert-OH is 1. The quantitative estimate of drug-likeness (QED) is 0.584. The molecule has 1 aromatic heterocycles. The molecular formula is C28H41N3O2. The third-order valence-electron chi connectivity index (χ3n) is 8.82. The molecule has 3 N–H and O–H groups in total. The number of H-pyrrole nitrogens is 1. The third-order valence-corrected chi connectivity index (χ3v) is 8.82. The summed E-state index contributed by atoms with van der Waals surface area (Å²) in [7, 11) is 2.05. The molecule has 0 unspecified atom stereocenters. The van der Waals surface area contributed by atoms with Gasteiger partial charge in [-0.25, -0.2) is 0 Å². The lowest BCUT2D eigenvalue weighted by Crippen LogP contribution is -2.52. The molecule has 5 nitrogen and oxygen atoms in total. The van der Waals surface area contributed by atoms with Crippen molar-refractivity contribution in [3.05, 3.63) is 41.6 Å². The fraction of sp³-hybridized carbons (Fsp3) is 0.607. The van der Waals surface area contributed by atoms with Crippen molar-refractivity contribution in [1.82, 2.24) is 10.3 Å². The highest BCUT2D eigenvalue weighted by Gasteiger charge is 2.45. The Balaban J connectivity index is 2.11. The Morgan fingerprint density at radius 2 is 1.97 bits per heavy atom. The molecule has 0 saturated heterocycles. The number of nitrogens with one attached hydrogen (secondary N) is 2. The summed E-state index contributed by atoms with van der Waals surface area (Å²) in [5.41, 5.74) is 6.04. The van der Waals surface area contributed by atoms with E-state index in [2.05, 4.69) is 81.7 Å². The largest absolute Gasteiger partial charge is 0.394 e. The molecule has 2 aromatic rings. The highest BCUT2D eigenvalue weighted by atomic mass is 16.3. The van der Waals surface area contributed by atoms with E-state index in [0.717, 1.165) is 29.6 Å². The van der Waals surface area contributed by atoms with Gasteiger partial charge in [-0.15, -0.1) is 6.58 Å². The maximum Gasteiger partial charge on any atom is 0.243 e. The van der Waals surface area contributed by atoms with Crippen LogP contribution in [0.3, 0.4) is 0 Å². The normalized spacial score (nSPS) is 30.1. The molecule has 1 aliphatic carbocycles. The first-order valence-corrected chi connectivity index (χ1v) is 12.4. The second-order valence-corrected chi connectivity index (χ2v) is 11.5. The molecule has 0 bridgehead atoms. The fourth-order valence-corrected chi connectivity index (χ4v) is 6.22. The van der Waals surface area contributed by atoms with Gasteiger partial charge in [0.25, 0.3) is 0 Å². The number of aliphatic hydroxyl groups is 1. The summed E-state index contributed by atoms with van der Waals surface area (Å²) in [4.78, 5) is 19.1. The third kappa shape index (κ3) is 3.51. The summed E-state index contributed by atoms with van der Waals surface area (Å²) in [5, 5.41) is 14.3. The molecule has 33 heavy (non-hydrogen) atoms. The van der Waals surface area contributed by atoms with E-state index in [1.54, 1.807) is 0 Å². The van der Waals surface area contributed by atoms with Crippen LogP contribution < -0.4 is 10.2 Å². The van der Waals surface area contributed by atoms with Gasteiger partial charge in [-0.05, 0) is 59.3 Å². The summed E-state index contributed by atoms with van der Waals surface area (Å²) in [6, 6.07) is 1.75. The lowest BCUT2D eigenvalue weighted by atomic mass is 9.57. The summed E-state index contributed by atoms with van der Waals surface area (Å²) < 4.78 is 0. The van der Waals surface area contributed by atoms with Gasteiger partial charge in [0.1, 0.15) is 6.04 Å². The van der Waals surface area contributed by atoms with Gasteiger partial charge in [-0.1, -0.05) is 47.6 Å². The first kappa shape index (κ1) is 23.9. The van der Waals surface area contributed by atoms with E-state index in [4.69, 9.17) is 0 Å². The Labute approximate surface area is 198 Å². The minimum absolute atomic E-state index is 0.0193. The summed E-state index contributed by atoms with van der Waals surface area (Å²) in [5.74, 6) is 0.583. The summed E-state index contributed by atoms with van der Waals surface area (Å²) in [6.45, 7) is 17.7. The summed E-state index contributed by atoms with van der Waals surface area (Å²) >= 11 is 0. The van der Waals surface area contributed by atoms with Crippen LogP contribution >= 0.6 is 0 Å². The monoisotopic (exact) mass is 451 g/mol. The number of benzene rings is 1. The first-order chi connectivity index (χ1) is 15.5. The second kappa shape index (κ2) is 8.19.